The lowest BCUT2D eigenvalue weighted by Crippen LogP contribution is -2.43. The maximum absolute atomic E-state index is 12.7. The van der Waals surface area contributed by atoms with Crippen molar-refractivity contribution in [3.05, 3.63) is 71.0 Å². The van der Waals surface area contributed by atoms with Gasteiger partial charge < -0.3 is 20.5 Å². The standard InChI is InChI=1S/C22H21ClN6O5/c1-34-11-10-18(21(31)25-17-6-2-14(3-7-17)22(32)33)26-20(30)9-4-15-12-16(23)5-8-19(15)29-13-24-27-28-29/h2-9,12-13,18H,10-11H2,1H3,(H,25,31)(H,26,30)(H,32,33)/b9-4+/t18-/m0/s1. The Kier molecular flexibility index (Phi) is 8.43. The van der Waals surface area contributed by atoms with E-state index >= 15 is 0 Å². The molecule has 0 saturated carbocycles. The highest BCUT2D eigenvalue weighted by Gasteiger charge is 2.20. The lowest BCUT2D eigenvalue weighted by atomic mass is 10.1. The smallest absolute Gasteiger partial charge is 0.335 e. The second-order valence-corrected chi connectivity index (χ2v) is 7.44. The van der Waals surface area contributed by atoms with Gasteiger partial charge in [-0.1, -0.05) is 11.6 Å². The Hall–Kier alpha value is -4.09. The van der Waals surface area contributed by atoms with Gasteiger partial charge in [0, 0.05) is 36.1 Å². The Balaban J connectivity index is 1.70. The van der Waals surface area contributed by atoms with Gasteiger partial charge in [-0.05, 0) is 65.4 Å². The number of carboxylic acids is 1. The number of nitrogens with zero attached hydrogens (tertiary/aromatic N) is 4. The van der Waals surface area contributed by atoms with Crippen molar-refractivity contribution >= 4 is 41.1 Å². The highest BCUT2D eigenvalue weighted by atomic mass is 35.5. The largest absolute Gasteiger partial charge is 0.478 e. The van der Waals surface area contributed by atoms with Crippen molar-refractivity contribution in [2.75, 3.05) is 19.0 Å². The van der Waals surface area contributed by atoms with E-state index in [2.05, 4.69) is 26.2 Å². The molecule has 0 unspecified atom stereocenters. The van der Waals surface area contributed by atoms with Crippen LogP contribution in [0.1, 0.15) is 22.3 Å². The average Bonchev–Trinajstić information content (AvgIpc) is 3.35. The van der Waals surface area contributed by atoms with Crippen molar-refractivity contribution in [1.29, 1.82) is 0 Å². The molecular formula is C22H21ClN6O5. The highest BCUT2D eigenvalue weighted by Crippen LogP contribution is 2.20. The molecule has 11 nitrogen and oxygen atoms in total. The van der Waals surface area contributed by atoms with Crippen LogP contribution in [0.25, 0.3) is 11.8 Å². The van der Waals surface area contributed by atoms with Crippen LogP contribution in [-0.4, -0.2) is 62.9 Å². The van der Waals surface area contributed by atoms with Gasteiger partial charge in [-0.15, -0.1) is 5.10 Å². The number of carboxylic acid groups (broad SMARTS) is 1. The summed E-state index contributed by atoms with van der Waals surface area (Å²) < 4.78 is 6.47. The second-order valence-electron chi connectivity index (χ2n) is 7.01. The van der Waals surface area contributed by atoms with E-state index in [1.807, 2.05) is 0 Å². The van der Waals surface area contributed by atoms with Crippen LogP contribution in [0, 0.1) is 0 Å². The summed E-state index contributed by atoms with van der Waals surface area (Å²) in [4.78, 5) is 36.3. The number of rotatable bonds is 10. The van der Waals surface area contributed by atoms with Crippen LogP contribution < -0.4 is 10.6 Å². The third-order valence-corrected chi connectivity index (χ3v) is 4.88. The number of ether oxygens (including phenoxy) is 1. The fraction of sp³-hybridized carbons (Fsp3) is 0.182. The summed E-state index contributed by atoms with van der Waals surface area (Å²) in [5.41, 5.74) is 1.69. The monoisotopic (exact) mass is 484 g/mol. The molecule has 1 atom stereocenters. The van der Waals surface area contributed by atoms with E-state index in [1.165, 1.54) is 54.5 Å². The molecule has 0 aliphatic carbocycles. The molecule has 2 aromatic carbocycles. The molecule has 176 valence electrons. The number of hydrogen-bond acceptors (Lipinski definition) is 7. The predicted octanol–water partition coefficient (Wildman–Crippen LogP) is 2.19. The number of nitrogens with one attached hydrogen (secondary N) is 2. The molecule has 0 fully saturated rings. The number of amides is 2. The van der Waals surface area contributed by atoms with E-state index in [0.29, 0.717) is 22.0 Å². The number of aromatic carboxylic acids is 1. The summed E-state index contributed by atoms with van der Waals surface area (Å²) in [5.74, 6) is -2.06. The first-order valence-electron chi connectivity index (χ1n) is 10.0. The molecule has 0 bridgehead atoms. The number of carbonyl (C=O) groups excluding carboxylic acids is 2. The van der Waals surface area contributed by atoms with Crippen LogP contribution in [-0.2, 0) is 14.3 Å². The van der Waals surface area contributed by atoms with Crippen molar-refractivity contribution in [2.24, 2.45) is 0 Å². The van der Waals surface area contributed by atoms with Crippen LogP contribution in [0.15, 0.2) is 54.9 Å². The first-order chi connectivity index (χ1) is 16.4. The van der Waals surface area contributed by atoms with E-state index in [1.54, 1.807) is 18.2 Å². The SMILES string of the molecule is COCC[C@H](NC(=O)/C=C/c1cc(Cl)ccc1-n1cnnn1)C(=O)Nc1ccc(C(=O)O)cc1. The minimum atomic E-state index is -1.07. The van der Waals surface area contributed by atoms with Crippen molar-refractivity contribution in [1.82, 2.24) is 25.5 Å². The fourth-order valence-corrected chi connectivity index (χ4v) is 3.14. The zero-order chi connectivity index (χ0) is 24.5. The van der Waals surface area contributed by atoms with E-state index in [-0.39, 0.29) is 18.6 Å². The minimum absolute atomic E-state index is 0.0921. The van der Waals surface area contributed by atoms with Gasteiger partial charge in [-0.2, -0.15) is 4.68 Å². The molecule has 3 rings (SSSR count). The van der Waals surface area contributed by atoms with Crippen LogP contribution in [0.4, 0.5) is 5.69 Å². The first kappa shape index (κ1) is 24.6. The summed E-state index contributed by atoms with van der Waals surface area (Å²) in [6.45, 7) is 0.234. The van der Waals surface area contributed by atoms with E-state index < -0.39 is 23.8 Å². The van der Waals surface area contributed by atoms with Gasteiger partial charge in [0.25, 0.3) is 0 Å². The summed E-state index contributed by atoms with van der Waals surface area (Å²) in [5, 5.41) is 25.8. The van der Waals surface area contributed by atoms with Gasteiger partial charge in [0.1, 0.15) is 12.4 Å². The number of anilines is 1. The van der Waals surface area contributed by atoms with E-state index in [0.717, 1.165) is 0 Å². The van der Waals surface area contributed by atoms with Gasteiger partial charge in [0.15, 0.2) is 0 Å². The quantitative estimate of drug-likeness (QED) is 0.371. The molecule has 12 heteroatoms. The maximum atomic E-state index is 12.7. The van der Waals surface area contributed by atoms with Crippen molar-refractivity contribution in [3.63, 3.8) is 0 Å². The molecule has 0 aliphatic rings. The summed E-state index contributed by atoms with van der Waals surface area (Å²) >= 11 is 6.09. The Bertz CT molecular complexity index is 1180. The molecule has 0 radical (unpaired) electrons. The van der Waals surface area contributed by atoms with Crippen molar-refractivity contribution in [3.8, 4) is 5.69 Å². The molecule has 3 aromatic rings. The average molecular weight is 485 g/mol. The Morgan fingerprint density at radius 1 is 1.21 bits per heavy atom. The maximum Gasteiger partial charge on any atom is 0.335 e. The molecule has 0 saturated heterocycles. The van der Waals surface area contributed by atoms with Gasteiger partial charge in [0.2, 0.25) is 11.8 Å². The molecule has 34 heavy (non-hydrogen) atoms. The van der Waals surface area contributed by atoms with Crippen molar-refractivity contribution < 1.29 is 24.2 Å². The van der Waals surface area contributed by atoms with Crippen LogP contribution >= 0.6 is 11.6 Å². The normalized spacial score (nSPS) is 11.8. The summed E-state index contributed by atoms with van der Waals surface area (Å²) in [6.07, 6.45) is 4.44. The molecular weight excluding hydrogens is 464 g/mol. The number of halogens is 1. The molecule has 3 N–H and O–H groups in total. The highest BCUT2D eigenvalue weighted by molar-refractivity contribution is 6.30. The minimum Gasteiger partial charge on any atom is -0.478 e. The number of hydrogen-bond donors (Lipinski definition) is 3. The van der Waals surface area contributed by atoms with Crippen LogP contribution in [0.3, 0.4) is 0 Å². The van der Waals surface area contributed by atoms with Gasteiger partial charge in [0.05, 0.1) is 11.3 Å². The topological polar surface area (TPSA) is 148 Å². The lowest BCUT2D eigenvalue weighted by molar-refractivity contribution is -0.124. The first-order valence-corrected chi connectivity index (χ1v) is 10.4. The zero-order valence-corrected chi connectivity index (χ0v) is 18.8. The summed E-state index contributed by atoms with van der Waals surface area (Å²) in [7, 11) is 1.49. The Labute approximate surface area is 199 Å². The number of methoxy groups -OCH3 is 1. The summed E-state index contributed by atoms with van der Waals surface area (Å²) in [6, 6.07) is 9.82. The lowest BCUT2D eigenvalue weighted by Gasteiger charge is -2.17. The third-order valence-electron chi connectivity index (χ3n) is 4.64. The van der Waals surface area contributed by atoms with Gasteiger partial charge in [-0.25, -0.2) is 4.79 Å². The second kappa shape index (κ2) is 11.7. The fourth-order valence-electron chi connectivity index (χ4n) is 2.95. The number of carbonyl (C=O) groups is 3. The zero-order valence-electron chi connectivity index (χ0n) is 18.0. The molecule has 2 amide bonds. The molecule has 0 spiro atoms. The van der Waals surface area contributed by atoms with Gasteiger partial charge >= 0.3 is 5.97 Å². The van der Waals surface area contributed by atoms with E-state index in [4.69, 9.17) is 21.4 Å². The molecule has 1 heterocycles. The molecule has 0 aliphatic heterocycles. The molecule has 1 aromatic heterocycles. The number of aromatic nitrogens is 4. The van der Waals surface area contributed by atoms with Crippen LogP contribution in [0.5, 0.6) is 0 Å². The number of benzene rings is 2. The van der Waals surface area contributed by atoms with E-state index in [9.17, 15) is 14.4 Å². The Morgan fingerprint density at radius 3 is 2.62 bits per heavy atom. The van der Waals surface area contributed by atoms with Crippen molar-refractivity contribution in [2.45, 2.75) is 12.5 Å². The predicted molar refractivity (Wildman–Crippen MR) is 124 cm³/mol. The Morgan fingerprint density at radius 2 is 1.97 bits per heavy atom. The number of tetrazole rings is 1. The van der Waals surface area contributed by atoms with Gasteiger partial charge in [-0.3, -0.25) is 9.59 Å². The third kappa shape index (κ3) is 6.70. The van der Waals surface area contributed by atoms with Crippen LogP contribution in [0.2, 0.25) is 5.02 Å².